The number of benzene rings is 1. The molecule has 21 heavy (non-hydrogen) atoms. The molecule has 1 unspecified atom stereocenters. The summed E-state index contributed by atoms with van der Waals surface area (Å²) in [5, 5.41) is 18.7. The summed E-state index contributed by atoms with van der Waals surface area (Å²) in [7, 11) is 0. The third kappa shape index (κ3) is 3.19. The van der Waals surface area contributed by atoms with Crippen molar-refractivity contribution in [2.75, 3.05) is 6.61 Å². The Kier molecular flexibility index (Phi) is 5.04. The van der Waals surface area contributed by atoms with Crippen molar-refractivity contribution in [1.29, 1.82) is 0 Å². The zero-order chi connectivity index (χ0) is 16.2. The highest BCUT2D eigenvalue weighted by Crippen LogP contribution is 2.22. The Hall–Kier alpha value is -2.41. The van der Waals surface area contributed by atoms with E-state index < -0.39 is 40.3 Å². The summed E-state index contributed by atoms with van der Waals surface area (Å²) in [6.07, 6.45) is 0. The molecule has 1 rings (SSSR count). The van der Waals surface area contributed by atoms with Gasteiger partial charge in [0.15, 0.2) is 17.2 Å². The van der Waals surface area contributed by atoms with Gasteiger partial charge in [0, 0.05) is 12.2 Å². The van der Waals surface area contributed by atoms with Crippen molar-refractivity contribution < 1.29 is 38.1 Å². The maximum Gasteiger partial charge on any atom is 0.370 e. The van der Waals surface area contributed by atoms with Gasteiger partial charge in [-0.15, -0.1) is 0 Å². The molecule has 8 heteroatoms. The molecule has 0 amide bonds. The lowest BCUT2D eigenvalue weighted by atomic mass is 9.97. The van der Waals surface area contributed by atoms with Crippen LogP contribution in [-0.4, -0.2) is 40.3 Å². The van der Waals surface area contributed by atoms with E-state index >= 15 is 0 Å². The topological polar surface area (TPSA) is 101 Å². The molecule has 0 radical (unpaired) electrons. The Morgan fingerprint density at radius 2 is 1.95 bits per heavy atom. The van der Waals surface area contributed by atoms with E-state index in [9.17, 15) is 28.3 Å². The number of carbonyl (C=O) groups excluding carboxylic acids is 2. The number of carbonyl (C=O) groups is 2. The molecule has 0 spiro atoms. The van der Waals surface area contributed by atoms with Gasteiger partial charge in [-0.3, -0.25) is 4.79 Å². The van der Waals surface area contributed by atoms with E-state index in [1.165, 1.54) is 6.92 Å². The van der Waals surface area contributed by atoms with Crippen LogP contribution >= 0.6 is 0 Å². The van der Waals surface area contributed by atoms with Crippen molar-refractivity contribution in [2.24, 2.45) is 0 Å². The molecule has 0 saturated heterocycles. The Bertz CT molecular complexity index is 636. The summed E-state index contributed by atoms with van der Waals surface area (Å²) in [6.45, 7) is 0.984. The highest BCUT2D eigenvalue weighted by atomic mass is 19.2. The van der Waals surface area contributed by atoms with Crippen molar-refractivity contribution >= 4 is 17.7 Å². The predicted molar refractivity (Wildman–Crippen MR) is 64.1 cm³/mol. The molecule has 0 bridgehead atoms. The van der Waals surface area contributed by atoms with Crippen LogP contribution in [0, 0.1) is 11.6 Å². The van der Waals surface area contributed by atoms with E-state index in [0.717, 1.165) is 12.0 Å². The summed E-state index contributed by atoms with van der Waals surface area (Å²) in [5.41, 5.74) is -1.81. The third-order valence-corrected chi connectivity index (χ3v) is 2.49. The standard InChI is InChI=1S/C13H10F2O6/c1-2-21-13(20,12(18)19)8(6-16)11(17)7-3-4-9(14)10(15)5-7/h3-5,20H,2H2,1H3,(H,18,19). The van der Waals surface area contributed by atoms with Crippen LogP contribution in [0.2, 0.25) is 0 Å². The van der Waals surface area contributed by atoms with Gasteiger partial charge in [-0.2, -0.15) is 0 Å². The van der Waals surface area contributed by atoms with Crippen molar-refractivity contribution in [3.8, 4) is 0 Å². The molecule has 2 N–H and O–H groups in total. The fraction of sp³-hybridized carbons (Fsp3) is 0.231. The van der Waals surface area contributed by atoms with Gasteiger partial charge < -0.3 is 14.9 Å². The second-order valence-electron chi connectivity index (χ2n) is 3.82. The van der Waals surface area contributed by atoms with Crippen LogP contribution < -0.4 is 0 Å². The maximum atomic E-state index is 13.1. The number of Topliss-reactive ketones (excluding diaryl/α,β-unsaturated/α-hetero) is 1. The van der Waals surface area contributed by atoms with Crippen LogP contribution in [-0.2, 0) is 14.3 Å². The van der Waals surface area contributed by atoms with Crippen molar-refractivity contribution in [3.63, 3.8) is 0 Å². The molecular weight excluding hydrogens is 290 g/mol. The smallest absolute Gasteiger partial charge is 0.370 e. The first kappa shape index (κ1) is 16.6. The van der Waals surface area contributed by atoms with Crippen LogP contribution in [0.3, 0.4) is 0 Å². The van der Waals surface area contributed by atoms with Crippen LogP contribution in [0.25, 0.3) is 0 Å². The molecule has 0 fully saturated rings. The van der Waals surface area contributed by atoms with E-state index in [0.29, 0.717) is 12.1 Å². The molecule has 0 aliphatic carbocycles. The van der Waals surface area contributed by atoms with Gasteiger partial charge >= 0.3 is 11.8 Å². The van der Waals surface area contributed by atoms with Crippen LogP contribution in [0.4, 0.5) is 8.78 Å². The Morgan fingerprint density at radius 3 is 2.38 bits per heavy atom. The van der Waals surface area contributed by atoms with Gasteiger partial charge in [-0.1, -0.05) is 0 Å². The second-order valence-corrected chi connectivity index (χ2v) is 3.82. The number of carboxylic acids is 1. The van der Waals surface area contributed by atoms with Gasteiger partial charge in [-0.05, 0) is 25.1 Å². The quantitative estimate of drug-likeness (QED) is 0.347. The molecule has 1 aromatic carbocycles. The summed E-state index contributed by atoms with van der Waals surface area (Å²) in [5.74, 6) is -8.21. The number of aliphatic hydroxyl groups is 1. The minimum atomic E-state index is -3.22. The van der Waals surface area contributed by atoms with Crippen molar-refractivity contribution in [2.45, 2.75) is 12.7 Å². The number of rotatable bonds is 6. The summed E-state index contributed by atoms with van der Waals surface area (Å²) in [4.78, 5) is 33.8. The van der Waals surface area contributed by atoms with Crippen molar-refractivity contribution in [1.82, 2.24) is 0 Å². The minimum Gasteiger partial charge on any atom is -0.477 e. The van der Waals surface area contributed by atoms with E-state index in [2.05, 4.69) is 4.74 Å². The largest absolute Gasteiger partial charge is 0.477 e. The first-order chi connectivity index (χ1) is 9.77. The molecule has 1 atom stereocenters. The van der Waals surface area contributed by atoms with E-state index in [-0.39, 0.29) is 6.61 Å². The predicted octanol–water partition coefficient (Wildman–Crippen LogP) is 0.715. The van der Waals surface area contributed by atoms with Gasteiger partial charge in [0.25, 0.3) is 0 Å². The molecule has 112 valence electrons. The van der Waals surface area contributed by atoms with Gasteiger partial charge in [-0.25, -0.2) is 18.4 Å². The monoisotopic (exact) mass is 300 g/mol. The Balaban J connectivity index is 3.32. The van der Waals surface area contributed by atoms with E-state index in [1.54, 1.807) is 0 Å². The lowest BCUT2D eigenvalue weighted by Gasteiger charge is -2.22. The van der Waals surface area contributed by atoms with E-state index in [1.807, 2.05) is 0 Å². The number of ether oxygens (including phenoxy) is 1. The highest BCUT2D eigenvalue weighted by Gasteiger charge is 2.46. The fourth-order valence-corrected chi connectivity index (χ4v) is 1.50. The summed E-state index contributed by atoms with van der Waals surface area (Å²) < 4.78 is 30.4. The normalized spacial score (nSPS) is 13.1. The Labute approximate surface area is 117 Å². The molecular formula is C13H10F2O6. The summed E-state index contributed by atoms with van der Waals surface area (Å²) in [6, 6.07) is 1.90. The average molecular weight is 300 g/mol. The number of hydrogen-bond acceptors (Lipinski definition) is 5. The number of hydrogen-bond donors (Lipinski definition) is 2. The second kappa shape index (κ2) is 6.36. The maximum absolute atomic E-state index is 13.1. The first-order valence-electron chi connectivity index (χ1n) is 5.63. The lowest BCUT2D eigenvalue weighted by molar-refractivity contribution is -0.204. The minimum absolute atomic E-state index is 0.334. The number of ketones is 1. The number of carboxylic acid groups (broad SMARTS) is 1. The third-order valence-electron chi connectivity index (χ3n) is 2.49. The fourth-order valence-electron chi connectivity index (χ4n) is 1.50. The molecule has 6 nitrogen and oxygen atoms in total. The molecule has 1 aromatic rings. The molecule has 0 heterocycles. The zero-order valence-corrected chi connectivity index (χ0v) is 10.7. The SMILES string of the molecule is CCOC(O)(C(=O)O)C(=C=O)C(=O)c1ccc(F)c(F)c1. The Morgan fingerprint density at radius 1 is 1.33 bits per heavy atom. The number of halogens is 2. The van der Waals surface area contributed by atoms with Crippen molar-refractivity contribution in [3.05, 3.63) is 41.0 Å². The first-order valence-corrected chi connectivity index (χ1v) is 5.63. The zero-order valence-electron chi connectivity index (χ0n) is 10.7. The van der Waals surface area contributed by atoms with Crippen LogP contribution in [0.5, 0.6) is 0 Å². The highest BCUT2D eigenvalue weighted by molar-refractivity contribution is 6.17. The van der Waals surface area contributed by atoms with E-state index in [4.69, 9.17) is 5.11 Å². The number of aliphatic carboxylic acids is 1. The van der Waals surface area contributed by atoms with Gasteiger partial charge in [0.2, 0.25) is 5.78 Å². The van der Waals surface area contributed by atoms with Gasteiger partial charge in [0.1, 0.15) is 5.94 Å². The molecule has 0 saturated carbocycles. The average Bonchev–Trinajstić information content (AvgIpc) is 2.42. The van der Waals surface area contributed by atoms with Gasteiger partial charge in [0.05, 0.1) is 0 Å². The van der Waals surface area contributed by atoms with Crippen LogP contribution in [0.15, 0.2) is 23.8 Å². The molecule has 0 aliphatic heterocycles. The lowest BCUT2D eigenvalue weighted by Crippen LogP contribution is -2.46. The molecule has 0 aliphatic rings. The molecule has 0 aromatic heterocycles. The van der Waals surface area contributed by atoms with Crippen LogP contribution in [0.1, 0.15) is 17.3 Å². The summed E-state index contributed by atoms with van der Waals surface area (Å²) >= 11 is 0.